The number of nitrogens with zero attached hydrogens (tertiary/aromatic N) is 2. The molecule has 0 amide bonds. The van der Waals surface area contributed by atoms with Crippen molar-refractivity contribution in [1.82, 2.24) is 9.55 Å². The van der Waals surface area contributed by atoms with Crippen molar-refractivity contribution in [3.8, 4) is 0 Å². The van der Waals surface area contributed by atoms with Crippen molar-refractivity contribution < 1.29 is 9.53 Å². The van der Waals surface area contributed by atoms with Gasteiger partial charge in [-0.15, -0.1) is 0 Å². The Kier molecular flexibility index (Phi) is 4.20. The number of aryl methyl sites for hydroxylation is 2. The Hall–Kier alpha value is -1.91. The standard InChI is InChI=1S/C12H16N2O3/c1-8(11(15)17-4)5-6-14-10(3)7-9(2)13-12(14)16/h5,7H,6H2,1-4H3. The first-order valence-electron chi connectivity index (χ1n) is 5.26. The molecule has 0 aliphatic heterocycles. The zero-order valence-electron chi connectivity index (χ0n) is 10.5. The quantitative estimate of drug-likeness (QED) is 0.579. The molecular weight excluding hydrogens is 220 g/mol. The maximum Gasteiger partial charge on any atom is 0.348 e. The molecule has 0 atom stereocenters. The summed E-state index contributed by atoms with van der Waals surface area (Å²) in [4.78, 5) is 26.6. The first-order valence-corrected chi connectivity index (χ1v) is 5.26. The van der Waals surface area contributed by atoms with Crippen molar-refractivity contribution in [2.75, 3.05) is 7.11 Å². The molecule has 0 radical (unpaired) electrons. The number of rotatable bonds is 3. The second-order valence-corrected chi connectivity index (χ2v) is 3.81. The minimum atomic E-state index is -0.393. The largest absolute Gasteiger partial charge is 0.466 e. The van der Waals surface area contributed by atoms with Gasteiger partial charge in [0.05, 0.1) is 7.11 Å². The van der Waals surface area contributed by atoms with Gasteiger partial charge in [0.2, 0.25) is 0 Å². The lowest BCUT2D eigenvalue weighted by molar-refractivity contribution is -0.136. The Morgan fingerprint density at radius 2 is 2.18 bits per heavy atom. The van der Waals surface area contributed by atoms with E-state index in [-0.39, 0.29) is 5.69 Å². The molecule has 0 aromatic carbocycles. The maximum absolute atomic E-state index is 11.6. The van der Waals surface area contributed by atoms with E-state index in [1.54, 1.807) is 19.9 Å². The van der Waals surface area contributed by atoms with Crippen LogP contribution in [0.4, 0.5) is 0 Å². The van der Waals surface area contributed by atoms with E-state index < -0.39 is 5.97 Å². The molecule has 0 fully saturated rings. The summed E-state index contributed by atoms with van der Waals surface area (Å²) in [6, 6.07) is 1.82. The number of hydrogen-bond acceptors (Lipinski definition) is 4. The number of carbonyl (C=O) groups excluding carboxylic acids is 1. The molecule has 5 heteroatoms. The van der Waals surface area contributed by atoms with Crippen LogP contribution in [0.15, 0.2) is 22.5 Å². The zero-order valence-corrected chi connectivity index (χ0v) is 10.5. The number of aromatic nitrogens is 2. The summed E-state index contributed by atoms with van der Waals surface area (Å²) in [7, 11) is 1.32. The molecule has 0 aliphatic carbocycles. The molecule has 1 aromatic rings. The van der Waals surface area contributed by atoms with E-state index in [1.165, 1.54) is 11.7 Å². The predicted molar refractivity (Wildman–Crippen MR) is 63.7 cm³/mol. The Bertz CT molecular complexity index is 515. The monoisotopic (exact) mass is 236 g/mol. The van der Waals surface area contributed by atoms with Gasteiger partial charge < -0.3 is 4.74 Å². The highest BCUT2D eigenvalue weighted by atomic mass is 16.5. The van der Waals surface area contributed by atoms with Crippen molar-refractivity contribution in [3.05, 3.63) is 39.6 Å². The van der Waals surface area contributed by atoms with Crippen LogP contribution in [0.3, 0.4) is 0 Å². The van der Waals surface area contributed by atoms with Crippen molar-refractivity contribution in [2.24, 2.45) is 0 Å². The average molecular weight is 236 g/mol. The summed E-state index contributed by atoms with van der Waals surface area (Å²) in [6.07, 6.45) is 1.65. The van der Waals surface area contributed by atoms with Crippen LogP contribution in [0.5, 0.6) is 0 Å². The Balaban J connectivity index is 2.98. The fourth-order valence-corrected chi connectivity index (χ4v) is 1.47. The van der Waals surface area contributed by atoms with E-state index in [4.69, 9.17) is 0 Å². The van der Waals surface area contributed by atoms with Crippen LogP contribution in [0, 0.1) is 13.8 Å². The van der Waals surface area contributed by atoms with Gasteiger partial charge in [0.15, 0.2) is 0 Å². The highest BCUT2D eigenvalue weighted by molar-refractivity contribution is 5.87. The smallest absolute Gasteiger partial charge is 0.348 e. The van der Waals surface area contributed by atoms with Crippen molar-refractivity contribution in [2.45, 2.75) is 27.3 Å². The van der Waals surface area contributed by atoms with Crippen molar-refractivity contribution in [3.63, 3.8) is 0 Å². The number of hydrogen-bond donors (Lipinski definition) is 0. The van der Waals surface area contributed by atoms with E-state index >= 15 is 0 Å². The van der Waals surface area contributed by atoms with Gasteiger partial charge in [-0.05, 0) is 26.8 Å². The van der Waals surface area contributed by atoms with Crippen LogP contribution in [0.1, 0.15) is 18.3 Å². The molecule has 0 bridgehead atoms. The van der Waals surface area contributed by atoms with Crippen LogP contribution in [0.2, 0.25) is 0 Å². The summed E-state index contributed by atoms with van der Waals surface area (Å²) in [5.74, 6) is -0.393. The molecular formula is C12H16N2O3. The molecule has 0 saturated heterocycles. The second-order valence-electron chi connectivity index (χ2n) is 3.81. The molecule has 0 spiro atoms. The number of ether oxygens (including phenoxy) is 1. The highest BCUT2D eigenvalue weighted by Crippen LogP contribution is 2.00. The maximum atomic E-state index is 11.6. The zero-order chi connectivity index (χ0) is 13.0. The lowest BCUT2D eigenvalue weighted by atomic mass is 10.3. The van der Waals surface area contributed by atoms with Gasteiger partial charge in [-0.1, -0.05) is 6.08 Å². The van der Waals surface area contributed by atoms with Crippen molar-refractivity contribution in [1.29, 1.82) is 0 Å². The molecule has 0 aliphatic rings. The van der Waals surface area contributed by atoms with E-state index in [2.05, 4.69) is 9.72 Å². The van der Waals surface area contributed by atoms with Gasteiger partial charge >= 0.3 is 11.7 Å². The summed E-state index contributed by atoms with van der Waals surface area (Å²) in [6.45, 7) is 5.57. The average Bonchev–Trinajstić information content (AvgIpc) is 2.26. The number of esters is 1. The summed E-state index contributed by atoms with van der Waals surface area (Å²) >= 11 is 0. The lowest BCUT2D eigenvalue weighted by Crippen LogP contribution is -2.25. The van der Waals surface area contributed by atoms with Gasteiger partial charge in [0.25, 0.3) is 0 Å². The minimum Gasteiger partial charge on any atom is -0.466 e. The topological polar surface area (TPSA) is 61.2 Å². The molecule has 0 N–H and O–H groups in total. The summed E-state index contributed by atoms with van der Waals surface area (Å²) in [5.41, 5.74) is 1.67. The van der Waals surface area contributed by atoms with E-state index in [0.717, 1.165) is 5.69 Å². The van der Waals surface area contributed by atoms with Gasteiger partial charge in [-0.2, -0.15) is 4.98 Å². The Labute approximate surface area is 99.7 Å². The lowest BCUT2D eigenvalue weighted by Gasteiger charge is -2.07. The summed E-state index contributed by atoms with van der Waals surface area (Å²) < 4.78 is 6.07. The molecule has 0 unspecified atom stereocenters. The van der Waals surface area contributed by atoms with Crippen molar-refractivity contribution >= 4 is 5.97 Å². The Morgan fingerprint density at radius 3 is 2.71 bits per heavy atom. The van der Waals surface area contributed by atoms with Crippen LogP contribution in [-0.2, 0) is 16.1 Å². The van der Waals surface area contributed by atoms with Gasteiger partial charge in [0, 0.05) is 23.5 Å². The molecule has 5 nitrogen and oxygen atoms in total. The second kappa shape index (κ2) is 5.43. The Morgan fingerprint density at radius 1 is 1.53 bits per heavy atom. The first-order chi connectivity index (χ1) is 7.95. The molecule has 1 aromatic heterocycles. The van der Waals surface area contributed by atoms with Gasteiger partial charge in [-0.3, -0.25) is 4.57 Å². The molecule has 1 rings (SSSR count). The first kappa shape index (κ1) is 13.2. The molecule has 17 heavy (non-hydrogen) atoms. The van der Waals surface area contributed by atoms with E-state index in [0.29, 0.717) is 17.8 Å². The third-order valence-corrected chi connectivity index (χ3v) is 2.43. The van der Waals surface area contributed by atoms with Gasteiger partial charge in [0.1, 0.15) is 0 Å². The fourth-order valence-electron chi connectivity index (χ4n) is 1.47. The van der Waals surface area contributed by atoms with Gasteiger partial charge in [-0.25, -0.2) is 9.59 Å². The predicted octanol–water partition coefficient (Wildman–Crippen LogP) is 0.979. The van der Waals surface area contributed by atoms with Crippen LogP contribution < -0.4 is 5.69 Å². The van der Waals surface area contributed by atoms with Crippen LogP contribution >= 0.6 is 0 Å². The normalized spacial score (nSPS) is 11.4. The summed E-state index contributed by atoms with van der Waals surface area (Å²) in [5, 5.41) is 0. The number of allylic oxidation sites excluding steroid dienone is 1. The van der Waals surface area contributed by atoms with Crippen LogP contribution in [-0.4, -0.2) is 22.6 Å². The fraction of sp³-hybridized carbons (Fsp3) is 0.417. The highest BCUT2D eigenvalue weighted by Gasteiger charge is 2.04. The minimum absolute atomic E-state index is 0.309. The molecule has 92 valence electrons. The van der Waals surface area contributed by atoms with Crippen LogP contribution in [0.25, 0.3) is 0 Å². The van der Waals surface area contributed by atoms with E-state index in [9.17, 15) is 9.59 Å². The third-order valence-electron chi connectivity index (χ3n) is 2.43. The number of carbonyl (C=O) groups is 1. The molecule has 1 heterocycles. The molecule has 0 saturated carbocycles. The number of methoxy groups -OCH3 is 1. The SMILES string of the molecule is COC(=O)C(C)=CCn1c(C)cc(C)nc1=O. The third kappa shape index (κ3) is 3.27. The van der Waals surface area contributed by atoms with E-state index in [1.807, 2.05) is 13.0 Å².